The Bertz CT molecular complexity index is 706. The Kier molecular flexibility index (Phi) is 3.64. The first kappa shape index (κ1) is 14.6. The molecule has 0 spiro atoms. The van der Waals surface area contributed by atoms with Crippen LogP contribution < -0.4 is 9.80 Å². The number of aryl methyl sites for hydroxylation is 2. The van der Waals surface area contributed by atoms with Crippen molar-refractivity contribution in [1.82, 2.24) is 9.78 Å². The Morgan fingerprint density at radius 2 is 2.00 bits per heavy atom. The van der Waals surface area contributed by atoms with Gasteiger partial charge in [0.2, 0.25) is 5.91 Å². The summed E-state index contributed by atoms with van der Waals surface area (Å²) in [5, 5.41) is 4.42. The lowest BCUT2D eigenvalue weighted by atomic mass is 10.1. The van der Waals surface area contributed by atoms with Gasteiger partial charge in [0, 0.05) is 20.5 Å². The number of aromatic nitrogens is 2. The molecule has 5 nitrogen and oxygen atoms in total. The normalized spacial score (nSPS) is 17.5. The molecular weight excluding hydrogens is 276 g/mol. The fourth-order valence-corrected chi connectivity index (χ4v) is 3.31. The molecule has 2 heterocycles. The summed E-state index contributed by atoms with van der Waals surface area (Å²) >= 11 is 0. The first-order valence-corrected chi connectivity index (χ1v) is 7.60. The van der Waals surface area contributed by atoms with Crippen LogP contribution in [0.2, 0.25) is 0 Å². The molecule has 1 aromatic carbocycles. The molecule has 1 amide bonds. The highest BCUT2D eigenvalue weighted by molar-refractivity contribution is 5.97. The second-order valence-electron chi connectivity index (χ2n) is 6.01. The molecule has 5 heteroatoms. The van der Waals surface area contributed by atoms with Crippen molar-refractivity contribution in [1.29, 1.82) is 0 Å². The van der Waals surface area contributed by atoms with Gasteiger partial charge >= 0.3 is 0 Å². The Labute approximate surface area is 131 Å². The number of fused-ring (bicyclic) bond motifs is 1. The van der Waals surface area contributed by atoms with E-state index in [-0.39, 0.29) is 11.9 Å². The summed E-state index contributed by atoms with van der Waals surface area (Å²) in [6.45, 7) is 7.35. The van der Waals surface area contributed by atoms with Crippen LogP contribution >= 0.6 is 0 Å². The Morgan fingerprint density at radius 1 is 1.32 bits per heavy atom. The van der Waals surface area contributed by atoms with Gasteiger partial charge in [-0.3, -0.25) is 9.48 Å². The van der Waals surface area contributed by atoms with Gasteiger partial charge in [-0.15, -0.1) is 0 Å². The van der Waals surface area contributed by atoms with E-state index in [1.807, 2.05) is 41.8 Å². The van der Waals surface area contributed by atoms with Gasteiger partial charge in [-0.05, 0) is 32.0 Å². The number of rotatable bonds is 2. The third-order valence-electron chi connectivity index (χ3n) is 4.20. The maximum absolute atomic E-state index is 12.0. The Morgan fingerprint density at radius 3 is 2.59 bits per heavy atom. The highest BCUT2D eigenvalue weighted by Gasteiger charge is 2.30. The Balaban J connectivity index is 1.98. The van der Waals surface area contributed by atoms with Crippen LogP contribution in [0.5, 0.6) is 0 Å². The lowest BCUT2D eigenvalue weighted by Gasteiger charge is -2.41. The van der Waals surface area contributed by atoms with Crippen LogP contribution in [0.1, 0.15) is 25.2 Å². The van der Waals surface area contributed by atoms with Gasteiger partial charge in [-0.25, -0.2) is 0 Å². The number of anilines is 2. The summed E-state index contributed by atoms with van der Waals surface area (Å²) in [6, 6.07) is 10.4. The van der Waals surface area contributed by atoms with Gasteiger partial charge in [0.05, 0.1) is 35.3 Å². The van der Waals surface area contributed by atoms with Crippen LogP contribution in [-0.4, -0.2) is 28.3 Å². The predicted molar refractivity (Wildman–Crippen MR) is 88.1 cm³/mol. The smallest absolute Gasteiger partial charge is 0.224 e. The number of hydrogen-bond acceptors (Lipinski definition) is 3. The van der Waals surface area contributed by atoms with Crippen LogP contribution in [0.15, 0.2) is 30.3 Å². The summed E-state index contributed by atoms with van der Waals surface area (Å²) < 4.78 is 1.93. The molecule has 0 saturated heterocycles. The molecule has 3 rings (SSSR count). The summed E-state index contributed by atoms with van der Waals surface area (Å²) in [4.78, 5) is 16.2. The highest BCUT2D eigenvalue weighted by atomic mass is 16.2. The first-order valence-electron chi connectivity index (χ1n) is 7.60. The largest absolute Gasteiger partial charge is 0.362 e. The Hall–Kier alpha value is -2.30. The van der Waals surface area contributed by atoms with Crippen LogP contribution in [0.25, 0.3) is 0 Å². The number of hydrogen-bond donors (Lipinski definition) is 0. The lowest BCUT2D eigenvalue weighted by Crippen LogP contribution is -2.49. The molecule has 1 aliphatic heterocycles. The second-order valence-corrected chi connectivity index (χ2v) is 6.01. The maximum Gasteiger partial charge on any atom is 0.224 e. The topological polar surface area (TPSA) is 41.4 Å². The molecule has 1 atom stereocenters. The van der Waals surface area contributed by atoms with E-state index in [1.165, 1.54) is 5.69 Å². The molecule has 1 aromatic heterocycles. The first-order chi connectivity index (χ1) is 10.5. The van der Waals surface area contributed by atoms with E-state index in [0.29, 0.717) is 0 Å². The molecule has 0 bridgehead atoms. The van der Waals surface area contributed by atoms with Crippen molar-refractivity contribution in [2.24, 2.45) is 7.05 Å². The molecule has 0 aliphatic carbocycles. The summed E-state index contributed by atoms with van der Waals surface area (Å²) in [7, 11) is 1.98. The quantitative estimate of drug-likeness (QED) is 0.855. The number of para-hydroxylation sites is 2. The summed E-state index contributed by atoms with van der Waals surface area (Å²) in [5.41, 5.74) is 4.30. The van der Waals surface area contributed by atoms with Crippen molar-refractivity contribution < 1.29 is 4.79 Å². The molecule has 0 N–H and O–H groups in total. The van der Waals surface area contributed by atoms with Crippen molar-refractivity contribution in [3.8, 4) is 0 Å². The van der Waals surface area contributed by atoms with Gasteiger partial charge < -0.3 is 9.80 Å². The van der Waals surface area contributed by atoms with Crippen LogP contribution in [0.3, 0.4) is 0 Å². The van der Waals surface area contributed by atoms with E-state index in [1.54, 1.807) is 6.92 Å². The average molecular weight is 298 g/mol. The van der Waals surface area contributed by atoms with E-state index in [4.69, 9.17) is 0 Å². The minimum Gasteiger partial charge on any atom is -0.362 e. The van der Waals surface area contributed by atoms with Crippen LogP contribution in [-0.2, 0) is 18.4 Å². The summed E-state index contributed by atoms with van der Waals surface area (Å²) in [6.07, 6.45) is 0. The van der Waals surface area contributed by atoms with Crippen molar-refractivity contribution in [3.63, 3.8) is 0 Å². The molecular formula is C17H22N4O. The van der Waals surface area contributed by atoms with Gasteiger partial charge in [-0.1, -0.05) is 12.1 Å². The number of amides is 1. The SMILES string of the molecule is CC(=O)N1c2ccccc2N(Cc2cc(C)nn2C)CC1C. The van der Waals surface area contributed by atoms with Gasteiger partial charge in [0.1, 0.15) is 0 Å². The monoisotopic (exact) mass is 298 g/mol. The standard InChI is InChI=1S/C17H22N4O/c1-12-9-15(19(4)18-12)11-20-10-13(2)21(14(3)22)17-8-6-5-7-16(17)20/h5-9,13H,10-11H2,1-4H3. The van der Waals surface area contributed by atoms with Crippen molar-refractivity contribution in [2.45, 2.75) is 33.4 Å². The minimum absolute atomic E-state index is 0.0935. The maximum atomic E-state index is 12.0. The minimum atomic E-state index is 0.0935. The van der Waals surface area contributed by atoms with Crippen molar-refractivity contribution >= 4 is 17.3 Å². The number of carbonyl (C=O) groups is 1. The van der Waals surface area contributed by atoms with E-state index in [9.17, 15) is 4.79 Å². The van der Waals surface area contributed by atoms with Crippen LogP contribution in [0, 0.1) is 6.92 Å². The van der Waals surface area contributed by atoms with Gasteiger partial charge in [-0.2, -0.15) is 5.10 Å². The number of carbonyl (C=O) groups excluding carboxylic acids is 1. The fourth-order valence-electron chi connectivity index (χ4n) is 3.31. The van der Waals surface area contributed by atoms with Crippen molar-refractivity contribution in [3.05, 3.63) is 41.7 Å². The van der Waals surface area contributed by atoms with E-state index in [2.05, 4.69) is 29.1 Å². The zero-order chi connectivity index (χ0) is 15.9. The summed E-state index contributed by atoms with van der Waals surface area (Å²) in [5.74, 6) is 0.0935. The highest BCUT2D eigenvalue weighted by Crippen LogP contribution is 2.36. The lowest BCUT2D eigenvalue weighted by molar-refractivity contribution is -0.117. The van der Waals surface area contributed by atoms with E-state index >= 15 is 0 Å². The number of benzene rings is 1. The third kappa shape index (κ3) is 2.47. The number of nitrogens with zero attached hydrogens (tertiary/aromatic N) is 4. The average Bonchev–Trinajstić information content (AvgIpc) is 2.76. The van der Waals surface area contributed by atoms with Crippen molar-refractivity contribution in [2.75, 3.05) is 16.3 Å². The predicted octanol–water partition coefficient (Wildman–Crippen LogP) is 2.49. The molecule has 116 valence electrons. The molecule has 0 fully saturated rings. The second kappa shape index (κ2) is 5.48. The fraction of sp³-hybridized carbons (Fsp3) is 0.412. The van der Waals surface area contributed by atoms with Crippen LogP contribution in [0.4, 0.5) is 11.4 Å². The van der Waals surface area contributed by atoms with Gasteiger partial charge in [0.15, 0.2) is 0 Å². The molecule has 0 saturated carbocycles. The molecule has 1 unspecified atom stereocenters. The zero-order valence-corrected chi connectivity index (χ0v) is 13.6. The molecule has 1 aliphatic rings. The molecule has 22 heavy (non-hydrogen) atoms. The molecule has 0 radical (unpaired) electrons. The third-order valence-corrected chi connectivity index (χ3v) is 4.20. The molecule has 2 aromatic rings. The van der Waals surface area contributed by atoms with E-state index in [0.717, 1.165) is 30.2 Å². The zero-order valence-electron chi connectivity index (χ0n) is 13.6. The van der Waals surface area contributed by atoms with Gasteiger partial charge in [0.25, 0.3) is 0 Å². The van der Waals surface area contributed by atoms with E-state index < -0.39 is 0 Å².